The molecule has 1 aliphatic carbocycles. The second-order valence-corrected chi connectivity index (χ2v) is 7.71. The van der Waals surface area contributed by atoms with Crippen molar-refractivity contribution >= 4 is 11.7 Å². The van der Waals surface area contributed by atoms with Gasteiger partial charge in [0.25, 0.3) is 0 Å². The number of pyridine rings is 2. The number of rotatable bonds is 5. The van der Waals surface area contributed by atoms with E-state index >= 15 is 0 Å². The van der Waals surface area contributed by atoms with Crippen LogP contribution in [0.1, 0.15) is 30.0 Å². The molecule has 0 bridgehead atoms. The van der Waals surface area contributed by atoms with E-state index < -0.39 is 11.2 Å². The summed E-state index contributed by atoms with van der Waals surface area (Å²) < 4.78 is 18.4. The van der Waals surface area contributed by atoms with Crippen molar-refractivity contribution in [3.8, 4) is 11.1 Å². The third kappa shape index (κ3) is 3.40. The normalized spacial score (nSPS) is 17.4. The van der Waals surface area contributed by atoms with Crippen molar-refractivity contribution in [3.05, 3.63) is 78.0 Å². The zero-order valence-electron chi connectivity index (χ0n) is 15.8. The highest BCUT2D eigenvalue weighted by molar-refractivity contribution is 5.99. The maximum atomic E-state index is 13.0. The SMILES string of the molecule is O=C(Nc1ccc(F)cn1)C1(c2ccc(-c3ccc(C4CC4)nc3)cc2)COC1. The van der Waals surface area contributed by atoms with E-state index in [2.05, 4.69) is 27.4 Å². The number of halogens is 1. The Hall–Kier alpha value is -3.12. The molecule has 1 amide bonds. The molecule has 3 heterocycles. The summed E-state index contributed by atoms with van der Waals surface area (Å²) in [5.74, 6) is 0.311. The zero-order chi connectivity index (χ0) is 19.8. The van der Waals surface area contributed by atoms with Gasteiger partial charge in [0.05, 0.1) is 19.4 Å². The van der Waals surface area contributed by atoms with Crippen LogP contribution in [0.25, 0.3) is 11.1 Å². The molecular formula is C23H20FN3O2. The molecular weight excluding hydrogens is 369 g/mol. The molecule has 1 saturated heterocycles. The van der Waals surface area contributed by atoms with Crippen LogP contribution in [0.3, 0.4) is 0 Å². The lowest BCUT2D eigenvalue weighted by Gasteiger charge is -2.40. The van der Waals surface area contributed by atoms with Gasteiger partial charge in [-0.2, -0.15) is 0 Å². The van der Waals surface area contributed by atoms with Crippen molar-refractivity contribution in [3.63, 3.8) is 0 Å². The lowest BCUT2D eigenvalue weighted by molar-refractivity contribution is -0.139. The highest BCUT2D eigenvalue weighted by atomic mass is 19.1. The summed E-state index contributed by atoms with van der Waals surface area (Å²) in [6.45, 7) is 0.605. The number of carbonyl (C=O) groups is 1. The molecule has 5 nitrogen and oxygen atoms in total. The van der Waals surface area contributed by atoms with E-state index in [1.54, 1.807) is 0 Å². The molecule has 0 unspecified atom stereocenters. The summed E-state index contributed by atoms with van der Waals surface area (Å²) in [5.41, 5.74) is 3.40. The number of nitrogens with one attached hydrogen (secondary N) is 1. The van der Waals surface area contributed by atoms with Gasteiger partial charge in [-0.1, -0.05) is 30.3 Å². The summed E-state index contributed by atoms with van der Waals surface area (Å²) in [6.07, 6.45) is 5.47. The maximum absolute atomic E-state index is 13.0. The monoisotopic (exact) mass is 389 g/mol. The van der Waals surface area contributed by atoms with Gasteiger partial charge in [-0.15, -0.1) is 0 Å². The minimum absolute atomic E-state index is 0.203. The number of aromatic nitrogens is 2. The molecule has 2 aliphatic rings. The van der Waals surface area contributed by atoms with E-state index in [0.29, 0.717) is 24.9 Å². The first-order valence-electron chi connectivity index (χ1n) is 9.72. The standard InChI is InChI=1S/C23H20FN3O2/c24-19-8-10-21(26-12-19)27-22(28)23(13-29-14-23)18-6-3-15(4-7-18)17-5-9-20(25-11-17)16-1-2-16/h3-12,16H,1-2,13-14H2,(H,26,27,28). The zero-order valence-corrected chi connectivity index (χ0v) is 15.8. The van der Waals surface area contributed by atoms with Gasteiger partial charge >= 0.3 is 0 Å². The van der Waals surface area contributed by atoms with E-state index in [0.717, 1.165) is 22.9 Å². The lowest BCUT2D eigenvalue weighted by atomic mass is 9.77. The first-order chi connectivity index (χ1) is 14.1. The van der Waals surface area contributed by atoms with Crippen LogP contribution in [-0.4, -0.2) is 29.1 Å². The Morgan fingerprint density at radius 1 is 0.966 bits per heavy atom. The van der Waals surface area contributed by atoms with Crippen LogP contribution in [-0.2, 0) is 14.9 Å². The van der Waals surface area contributed by atoms with Gasteiger partial charge in [-0.3, -0.25) is 9.78 Å². The van der Waals surface area contributed by atoms with Gasteiger partial charge in [-0.25, -0.2) is 9.37 Å². The highest BCUT2D eigenvalue weighted by Gasteiger charge is 2.47. The molecule has 2 fully saturated rings. The molecule has 29 heavy (non-hydrogen) atoms. The van der Waals surface area contributed by atoms with Crippen LogP contribution >= 0.6 is 0 Å². The Kier molecular flexibility index (Phi) is 4.36. The lowest BCUT2D eigenvalue weighted by Crippen LogP contribution is -2.55. The molecule has 1 aliphatic heterocycles. The van der Waals surface area contributed by atoms with Crippen molar-refractivity contribution in [1.82, 2.24) is 9.97 Å². The van der Waals surface area contributed by atoms with Crippen molar-refractivity contribution in [2.45, 2.75) is 24.2 Å². The molecule has 1 saturated carbocycles. The van der Waals surface area contributed by atoms with Crippen molar-refractivity contribution < 1.29 is 13.9 Å². The molecule has 0 radical (unpaired) electrons. The number of hydrogen-bond donors (Lipinski definition) is 1. The second kappa shape index (κ2) is 7.04. The van der Waals surface area contributed by atoms with Crippen LogP contribution in [0.5, 0.6) is 0 Å². The van der Waals surface area contributed by atoms with Crippen LogP contribution in [0, 0.1) is 5.82 Å². The fraction of sp³-hybridized carbons (Fsp3) is 0.261. The van der Waals surface area contributed by atoms with E-state index in [4.69, 9.17) is 4.74 Å². The van der Waals surface area contributed by atoms with Crippen molar-refractivity contribution in [2.75, 3.05) is 18.5 Å². The summed E-state index contributed by atoms with van der Waals surface area (Å²) in [6, 6.07) is 14.9. The number of ether oxygens (including phenoxy) is 1. The third-order valence-electron chi connectivity index (χ3n) is 5.65. The van der Waals surface area contributed by atoms with Gasteiger partial charge in [0.15, 0.2) is 0 Å². The first-order valence-corrected chi connectivity index (χ1v) is 9.72. The minimum Gasteiger partial charge on any atom is -0.378 e. The van der Waals surface area contributed by atoms with Gasteiger partial charge < -0.3 is 10.1 Å². The molecule has 2 aromatic heterocycles. The van der Waals surface area contributed by atoms with Crippen molar-refractivity contribution in [1.29, 1.82) is 0 Å². The maximum Gasteiger partial charge on any atom is 0.240 e. The predicted molar refractivity (Wildman–Crippen MR) is 107 cm³/mol. The molecule has 0 atom stereocenters. The average Bonchev–Trinajstić information content (AvgIpc) is 3.55. The van der Waals surface area contributed by atoms with Gasteiger partial charge in [0.1, 0.15) is 17.1 Å². The van der Waals surface area contributed by atoms with Crippen LogP contribution in [0.2, 0.25) is 0 Å². The van der Waals surface area contributed by atoms with Crippen LogP contribution in [0.15, 0.2) is 60.9 Å². The molecule has 3 aromatic rings. The van der Waals surface area contributed by atoms with Gasteiger partial charge in [0.2, 0.25) is 5.91 Å². The quantitative estimate of drug-likeness (QED) is 0.715. The number of nitrogens with zero attached hydrogens (tertiary/aromatic N) is 2. The highest BCUT2D eigenvalue weighted by Crippen LogP contribution is 2.39. The smallest absolute Gasteiger partial charge is 0.240 e. The molecule has 146 valence electrons. The Bertz CT molecular complexity index is 1030. The number of benzene rings is 1. The van der Waals surface area contributed by atoms with Crippen LogP contribution in [0.4, 0.5) is 10.2 Å². The Labute approximate surface area is 168 Å². The van der Waals surface area contributed by atoms with Crippen molar-refractivity contribution in [2.24, 2.45) is 0 Å². The minimum atomic E-state index is -0.761. The topological polar surface area (TPSA) is 64.1 Å². The molecule has 5 rings (SSSR count). The van der Waals surface area contributed by atoms with Crippen LogP contribution < -0.4 is 5.32 Å². The largest absolute Gasteiger partial charge is 0.378 e. The Morgan fingerprint density at radius 3 is 2.28 bits per heavy atom. The summed E-state index contributed by atoms with van der Waals surface area (Å²) in [7, 11) is 0. The molecule has 1 N–H and O–H groups in total. The average molecular weight is 389 g/mol. The van der Waals surface area contributed by atoms with E-state index in [-0.39, 0.29) is 5.91 Å². The predicted octanol–water partition coefficient (Wildman–Crippen LogP) is 4.07. The number of anilines is 1. The molecule has 1 aromatic carbocycles. The number of hydrogen-bond acceptors (Lipinski definition) is 4. The van der Waals surface area contributed by atoms with E-state index in [9.17, 15) is 9.18 Å². The van der Waals surface area contributed by atoms with E-state index in [1.807, 2.05) is 30.5 Å². The second-order valence-electron chi connectivity index (χ2n) is 7.71. The number of amides is 1. The fourth-order valence-electron chi connectivity index (χ4n) is 3.60. The Balaban J connectivity index is 1.35. The van der Waals surface area contributed by atoms with Gasteiger partial charge in [-0.05, 0) is 42.2 Å². The number of carbonyl (C=O) groups excluding carboxylic acids is 1. The summed E-state index contributed by atoms with van der Waals surface area (Å²) in [4.78, 5) is 21.4. The fourth-order valence-corrected chi connectivity index (χ4v) is 3.60. The Morgan fingerprint density at radius 2 is 1.72 bits per heavy atom. The first kappa shape index (κ1) is 17.9. The molecule has 0 spiro atoms. The van der Waals surface area contributed by atoms with Gasteiger partial charge in [0, 0.05) is 23.4 Å². The van der Waals surface area contributed by atoms with E-state index in [1.165, 1.54) is 30.7 Å². The third-order valence-corrected chi connectivity index (χ3v) is 5.65. The molecule has 6 heteroatoms. The summed E-state index contributed by atoms with van der Waals surface area (Å²) >= 11 is 0. The summed E-state index contributed by atoms with van der Waals surface area (Å²) in [5, 5.41) is 2.77.